The molecule has 0 N–H and O–H groups in total. The fraction of sp³-hybridized carbons (Fsp3) is 0.333. The number of benzene rings is 1. The molecule has 0 fully saturated rings. The van der Waals surface area contributed by atoms with Gasteiger partial charge in [0.1, 0.15) is 0 Å². The molecule has 2 aromatic heterocycles. The molecule has 4 heteroatoms. The first-order chi connectivity index (χ1) is 10.9. The first-order valence-electron chi connectivity index (χ1n) is 7.75. The monoisotopic (exact) mass is 295 g/mol. The largest absolute Gasteiger partial charge is 0.481 e. The third-order valence-corrected chi connectivity index (χ3v) is 3.90. The van der Waals surface area contributed by atoms with E-state index < -0.39 is 0 Å². The first-order valence-corrected chi connectivity index (χ1v) is 7.75. The van der Waals surface area contributed by atoms with Gasteiger partial charge in [-0.25, -0.2) is 9.97 Å². The predicted octanol–water partition coefficient (Wildman–Crippen LogP) is 3.85. The van der Waals surface area contributed by atoms with Crippen LogP contribution in [-0.4, -0.2) is 21.6 Å². The van der Waals surface area contributed by atoms with Gasteiger partial charge in [0.15, 0.2) is 0 Å². The number of para-hydroxylation sites is 2. The standard InChI is InChI=1S/C18H21N3O/c1-22-18-13-15(10-11-19-18)7-3-2-6-12-21-14-20-16-8-4-5-9-17(16)21/h4-5,8-11,13-14H,2-3,6-7,12H2,1H3. The van der Waals surface area contributed by atoms with Gasteiger partial charge in [-0.15, -0.1) is 0 Å². The van der Waals surface area contributed by atoms with Crippen molar-refractivity contribution >= 4 is 11.0 Å². The zero-order chi connectivity index (χ0) is 15.2. The van der Waals surface area contributed by atoms with Gasteiger partial charge in [-0.3, -0.25) is 0 Å². The van der Waals surface area contributed by atoms with Gasteiger partial charge in [-0.05, 0) is 43.0 Å². The van der Waals surface area contributed by atoms with E-state index in [0.29, 0.717) is 5.88 Å². The maximum atomic E-state index is 5.15. The molecule has 0 atom stereocenters. The highest BCUT2D eigenvalue weighted by atomic mass is 16.5. The molecule has 3 aromatic rings. The van der Waals surface area contributed by atoms with Crippen LogP contribution in [0, 0.1) is 0 Å². The summed E-state index contributed by atoms with van der Waals surface area (Å²) in [7, 11) is 1.65. The number of pyridine rings is 1. The molecule has 0 aliphatic rings. The lowest BCUT2D eigenvalue weighted by molar-refractivity contribution is 0.397. The molecule has 0 saturated carbocycles. The summed E-state index contributed by atoms with van der Waals surface area (Å²) >= 11 is 0. The van der Waals surface area contributed by atoms with Gasteiger partial charge in [-0.2, -0.15) is 0 Å². The molecule has 0 spiro atoms. The van der Waals surface area contributed by atoms with E-state index in [2.05, 4.69) is 38.8 Å². The van der Waals surface area contributed by atoms with Crippen LogP contribution in [0.3, 0.4) is 0 Å². The van der Waals surface area contributed by atoms with Crippen molar-refractivity contribution in [2.75, 3.05) is 7.11 Å². The Labute approximate surface area is 130 Å². The molecule has 3 rings (SSSR count). The molecule has 114 valence electrons. The lowest BCUT2D eigenvalue weighted by Crippen LogP contribution is -1.97. The van der Waals surface area contributed by atoms with Crippen molar-refractivity contribution in [1.82, 2.24) is 14.5 Å². The SMILES string of the molecule is COc1cc(CCCCCn2cnc3ccccc32)ccn1. The highest BCUT2D eigenvalue weighted by Gasteiger charge is 2.01. The molecule has 4 nitrogen and oxygen atoms in total. The summed E-state index contributed by atoms with van der Waals surface area (Å²) in [5, 5.41) is 0. The van der Waals surface area contributed by atoms with Crippen molar-refractivity contribution in [1.29, 1.82) is 0 Å². The number of rotatable bonds is 7. The van der Waals surface area contributed by atoms with E-state index in [9.17, 15) is 0 Å². The second-order valence-corrected chi connectivity index (χ2v) is 5.44. The lowest BCUT2D eigenvalue weighted by Gasteiger charge is -2.05. The van der Waals surface area contributed by atoms with Crippen LogP contribution in [-0.2, 0) is 13.0 Å². The molecule has 0 amide bonds. The van der Waals surface area contributed by atoms with Crippen LogP contribution in [0.25, 0.3) is 11.0 Å². The molecule has 0 aliphatic carbocycles. The number of nitrogens with zero attached hydrogens (tertiary/aromatic N) is 3. The second kappa shape index (κ2) is 7.07. The molecule has 2 heterocycles. The van der Waals surface area contributed by atoms with Crippen LogP contribution in [0.4, 0.5) is 0 Å². The summed E-state index contributed by atoms with van der Waals surface area (Å²) in [6.07, 6.45) is 8.38. The van der Waals surface area contributed by atoms with E-state index in [1.165, 1.54) is 30.3 Å². The number of unbranched alkanes of at least 4 members (excludes halogenated alkanes) is 2. The Balaban J connectivity index is 1.45. The Bertz CT molecular complexity index is 736. The van der Waals surface area contributed by atoms with Gasteiger partial charge in [0, 0.05) is 18.8 Å². The van der Waals surface area contributed by atoms with Crippen LogP contribution in [0.2, 0.25) is 0 Å². The predicted molar refractivity (Wildman–Crippen MR) is 88.1 cm³/mol. The van der Waals surface area contributed by atoms with Gasteiger partial charge in [0.2, 0.25) is 5.88 Å². The smallest absolute Gasteiger partial charge is 0.213 e. The molecular weight excluding hydrogens is 274 g/mol. The number of hydrogen-bond acceptors (Lipinski definition) is 3. The van der Waals surface area contributed by atoms with Crippen LogP contribution in [0.1, 0.15) is 24.8 Å². The highest BCUT2D eigenvalue weighted by Crippen LogP contribution is 2.15. The topological polar surface area (TPSA) is 39.9 Å². The molecule has 22 heavy (non-hydrogen) atoms. The van der Waals surface area contributed by atoms with Gasteiger partial charge in [0.05, 0.1) is 24.5 Å². The third kappa shape index (κ3) is 3.45. The summed E-state index contributed by atoms with van der Waals surface area (Å²) in [4.78, 5) is 8.56. The van der Waals surface area contributed by atoms with Gasteiger partial charge < -0.3 is 9.30 Å². The van der Waals surface area contributed by atoms with Crippen LogP contribution in [0.15, 0.2) is 48.9 Å². The minimum Gasteiger partial charge on any atom is -0.481 e. The maximum absolute atomic E-state index is 5.15. The van der Waals surface area contributed by atoms with Crippen molar-refractivity contribution in [3.63, 3.8) is 0 Å². The molecule has 0 saturated heterocycles. The van der Waals surface area contributed by atoms with Crippen molar-refractivity contribution in [2.24, 2.45) is 0 Å². The van der Waals surface area contributed by atoms with E-state index in [-0.39, 0.29) is 0 Å². The number of aryl methyl sites for hydroxylation is 2. The van der Waals surface area contributed by atoms with E-state index in [0.717, 1.165) is 18.5 Å². The molecule has 0 bridgehead atoms. The van der Waals surface area contributed by atoms with Gasteiger partial charge >= 0.3 is 0 Å². The fourth-order valence-corrected chi connectivity index (χ4v) is 2.69. The Morgan fingerprint density at radius 2 is 1.95 bits per heavy atom. The molecular formula is C18H21N3O. The van der Waals surface area contributed by atoms with Crippen LogP contribution in [0.5, 0.6) is 5.88 Å². The fourth-order valence-electron chi connectivity index (χ4n) is 2.69. The maximum Gasteiger partial charge on any atom is 0.213 e. The number of imidazole rings is 1. The van der Waals surface area contributed by atoms with Crippen molar-refractivity contribution in [3.8, 4) is 5.88 Å². The van der Waals surface area contributed by atoms with Crippen molar-refractivity contribution < 1.29 is 4.74 Å². The van der Waals surface area contributed by atoms with E-state index in [1.54, 1.807) is 7.11 Å². The minimum absolute atomic E-state index is 0.697. The van der Waals surface area contributed by atoms with E-state index in [1.807, 2.05) is 24.7 Å². The summed E-state index contributed by atoms with van der Waals surface area (Å²) in [5.41, 5.74) is 3.59. The number of methoxy groups -OCH3 is 1. The minimum atomic E-state index is 0.697. The lowest BCUT2D eigenvalue weighted by atomic mass is 10.1. The Morgan fingerprint density at radius 1 is 1.05 bits per heavy atom. The second-order valence-electron chi connectivity index (χ2n) is 5.44. The summed E-state index contributed by atoms with van der Waals surface area (Å²) < 4.78 is 7.39. The summed E-state index contributed by atoms with van der Waals surface area (Å²) in [5.74, 6) is 0.697. The average molecular weight is 295 g/mol. The van der Waals surface area contributed by atoms with Crippen LogP contribution >= 0.6 is 0 Å². The normalized spacial score (nSPS) is 11.0. The highest BCUT2D eigenvalue weighted by molar-refractivity contribution is 5.74. The number of ether oxygens (including phenoxy) is 1. The number of fused-ring (bicyclic) bond motifs is 1. The summed E-state index contributed by atoms with van der Waals surface area (Å²) in [6.45, 7) is 1.03. The van der Waals surface area contributed by atoms with Gasteiger partial charge in [0.25, 0.3) is 0 Å². The van der Waals surface area contributed by atoms with E-state index >= 15 is 0 Å². The molecule has 0 radical (unpaired) electrons. The number of aromatic nitrogens is 3. The molecule has 1 aromatic carbocycles. The molecule has 0 unspecified atom stereocenters. The number of hydrogen-bond donors (Lipinski definition) is 0. The van der Waals surface area contributed by atoms with Crippen molar-refractivity contribution in [2.45, 2.75) is 32.2 Å². The zero-order valence-electron chi connectivity index (χ0n) is 12.9. The average Bonchev–Trinajstić information content (AvgIpc) is 2.98. The first kappa shape index (κ1) is 14.6. The summed E-state index contributed by atoms with van der Waals surface area (Å²) in [6, 6.07) is 12.4. The third-order valence-electron chi connectivity index (χ3n) is 3.90. The molecule has 0 aliphatic heterocycles. The van der Waals surface area contributed by atoms with Gasteiger partial charge in [-0.1, -0.05) is 18.6 Å². The van der Waals surface area contributed by atoms with Crippen molar-refractivity contribution in [3.05, 3.63) is 54.5 Å². The van der Waals surface area contributed by atoms with E-state index in [4.69, 9.17) is 4.74 Å². The Kier molecular flexibility index (Phi) is 4.68. The van der Waals surface area contributed by atoms with Crippen LogP contribution < -0.4 is 4.74 Å². The zero-order valence-corrected chi connectivity index (χ0v) is 12.9. The quantitative estimate of drug-likeness (QED) is 0.621. The Morgan fingerprint density at radius 3 is 2.86 bits per heavy atom. The Hall–Kier alpha value is -2.36.